The lowest BCUT2D eigenvalue weighted by Gasteiger charge is -2.33. The van der Waals surface area contributed by atoms with Gasteiger partial charge < -0.3 is 10.5 Å². The molecule has 0 radical (unpaired) electrons. The smallest absolute Gasteiger partial charge is 0.394 e. The fourth-order valence-corrected chi connectivity index (χ4v) is 3.04. The maximum Gasteiger partial charge on any atom is 0.394 e. The Morgan fingerprint density at radius 3 is 2.60 bits per heavy atom. The monoisotopic (exact) mass is 358 g/mol. The van der Waals surface area contributed by atoms with Crippen molar-refractivity contribution in [1.82, 2.24) is 4.98 Å². The number of hydrogen-bond donors (Lipinski definition) is 1. The van der Waals surface area contributed by atoms with Gasteiger partial charge in [0.25, 0.3) is 0 Å². The van der Waals surface area contributed by atoms with Gasteiger partial charge in [0.2, 0.25) is 0 Å². The van der Waals surface area contributed by atoms with Crippen LogP contribution in [0.4, 0.5) is 27.6 Å². The molecule has 1 aromatic carbocycles. The molecule has 0 unspecified atom stereocenters. The Hall–Kier alpha value is -2.22. The van der Waals surface area contributed by atoms with E-state index in [1.807, 2.05) is 0 Å². The molecule has 0 saturated carbocycles. The van der Waals surface area contributed by atoms with Crippen LogP contribution < -0.4 is 5.73 Å². The molecule has 2 atom stereocenters. The topological polar surface area (TPSA) is 48.1 Å². The Labute approximate surface area is 140 Å². The van der Waals surface area contributed by atoms with E-state index < -0.39 is 29.8 Å². The largest absolute Gasteiger partial charge is 0.397 e. The first-order valence-electron chi connectivity index (χ1n) is 7.67. The number of pyridine rings is 1. The predicted molar refractivity (Wildman–Crippen MR) is 81.5 cm³/mol. The molecular formula is C17H15F5N2O. The molecule has 0 bridgehead atoms. The molecule has 2 N–H and O–H groups in total. The minimum atomic E-state index is -4.47. The van der Waals surface area contributed by atoms with Crippen LogP contribution in [0.25, 0.3) is 11.1 Å². The van der Waals surface area contributed by atoms with Crippen molar-refractivity contribution in [1.29, 1.82) is 0 Å². The molecule has 3 nitrogen and oxygen atoms in total. The number of halogens is 5. The summed E-state index contributed by atoms with van der Waals surface area (Å²) in [5.74, 6) is -3.16. The van der Waals surface area contributed by atoms with Crippen LogP contribution in [0.2, 0.25) is 0 Å². The van der Waals surface area contributed by atoms with Gasteiger partial charge in [0.1, 0.15) is 17.7 Å². The van der Waals surface area contributed by atoms with Gasteiger partial charge in [0.15, 0.2) is 0 Å². The number of rotatable bonds is 2. The van der Waals surface area contributed by atoms with Gasteiger partial charge >= 0.3 is 6.18 Å². The van der Waals surface area contributed by atoms with E-state index >= 15 is 0 Å². The van der Waals surface area contributed by atoms with Gasteiger partial charge in [-0.05, 0) is 37.1 Å². The summed E-state index contributed by atoms with van der Waals surface area (Å²) in [6.45, 7) is 0.150. The van der Waals surface area contributed by atoms with Gasteiger partial charge in [-0.1, -0.05) is 0 Å². The van der Waals surface area contributed by atoms with Crippen molar-refractivity contribution in [2.24, 2.45) is 5.92 Å². The molecule has 1 aliphatic heterocycles. The van der Waals surface area contributed by atoms with E-state index in [9.17, 15) is 22.0 Å². The lowest BCUT2D eigenvalue weighted by molar-refractivity contribution is -0.223. The summed E-state index contributed by atoms with van der Waals surface area (Å²) in [6.07, 6.45) is -4.45. The number of nitrogen functional groups attached to an aromatic ring is 1. The number of nitrogens with two attached hydrogens (primary N) is 1. The highest BCUT2D eigenvalue weighted by Gasteiger charge is 2.48. The number of alkyl halides is 3. The molecule has 0 amide bonds. The number of ether oxygens (including phenoxy) is 1. The highest BCUT2D eigenvalue weighted by molar-refractivity contribution is 5.78. The zero-order valence-corrected chi connectivity index (χ0v) is 13.0. The molecule has 1 saturated heterocycles. The minimum absolute atomic E-state index is 0.0806. The predicted octanol–water partition coefficient (Wildman–Crippen LogP) is 4.64. The fraction of sp³-hybridized carbons (Fsp3) is 0.353. The normalized spacial score (nSPS) is 21.3. The van der Waals surface area contributed by atoms with Crippen molar-refractivity contribution < 1.29 is 26.7 Å². The molecule has 0 spiro atoms. The second-order valence-electron chi connectivity index (χ2n) is 5.86. The van der Waals surface area contributed by atoms with E-state index in [0.29, 0.717) is 0 Å². The Kier molecular flexibility index (Phi) is 4.64. The van der Waals surface area contributed by atoms with Crippen LogP contribution in [0, 0.1) is 17.6 Å². The molecule has 3 rings (SSSR count). The molecule has 0 aliphatic carbocycles. The summed E-state index contributed by atoms with van der Waals surface area (Å²) in [5.41, 5.74) is 5.66. The van der Waals surface area contributed by atoms with Crippen LogP contribution in [0.3, 0.4) is 0 Å². The molecule has 2 heterocycles. The van der Waals surface area contributed by atoms with Crippen LogP contribution in [0.5, 0.6) is 0 Å². The Morgan fingerprint density at radius 1 is 1.12 bits per heavy atom. The van der Waals surface area contributed by atoms with Gasteiger partial charge in [0, 0.05) is 23.9 Å². The molecule has 134 valence electrons. The minimum Gasteiger partial charge on any atom is -0.397 e. The van der Waals surface area contributed by atoms with Crippen LogP contribution in [0.1, 0.15) is 24.6 Å². The Balaban J connectivity index is 2.08. The molecule has 1 fully saturated rings. The molecule has 1 aromatic heterocycles. The summed E-state index contributed by atoms with van der Waals surface area (Å²) < 4.78 is 72.6. The summed E-state index contributed by atoms with van der Waals surface area (Å²) in [6, 6.07) is 4.15. The van der Waals surface area contributed by atoms with E-state index in [0.717, 1.165) is 18.2 Å². The van der Waals surface area contributed by atoms with E-state index in [4.69, 9.17) is 10.5 Å². The number of aromatic nitrogens is 1. The first kappa shape index (κ1) is 17.6. The first-order valence-corrected chi connectivity index (χ1v) is 7.67. The zero-order valence-electron chi connectivity index (χ0n) is 13.0. The summed E-state index contributed by atoms with van der Waals surface area (Å²) in [7, 11) is 0. The maximum absolute atomic E-state index is 14.0. The SMILES string of the molecule is Nc1c(-c2cc(F)ccc2F)ccnc1[C@@H]1OCCC[C@H]1C(F)(F)F. The van der Waals surface area contributed by atoms with E-state index in [-0.39, 0.29) is 42.0 Å². The summed E-state index contributed by atoms with van der Waals surface area (Å²) in [5, 5.41) is 0. The second kappa shape index (κ2) is 6.59. The van der Waals surface area contributed by atoms with Crippen molar-refractivity contribution in [2.75, 3.05) is 12.3 Å². The Bertz CT molecular complexity index is 778. The standard InChI is InChI=1S/C17H15F5N2O/c18-9-3-4-13(19)11(8-9)10-5-6-24-15(14(10)23)16-12(17(20,21)22)2-1-7-25-16/h3-6,8,12,16H,1-2,7,23H2/t12-,16-/m1/s1. The fourth-order valence-electron chi connectivity index (χ4n) is 3.04. The van der Waals surface area contributed by atoms with Gasteiger partial charge in [0.05, 0.1) is 17.3 Å². The van der Waals surface area contributed by atoms with Crippen molar-refractivity contribution >= 4 is 5.69 Å². The van der Waals surface area contributed by atoms with Gasteiger partial charge in [-0.25, -0.2) is 8.78 Å². The van der Waals surface area contributed by atoms with Gasteiger partial charge in [-0.3, -0.25) is 4.98 Å². The molecular weight excluding hydrogens is 343 g/mol. The van der Waals surface area contributed by atoms with Crippen molar-refractivity contribution in [3.05, 3.63) is 47.8 Å². The van der Waals surface area contributed by atoms with Gasteiger partial charge in [-0.2, -0.15) is 13.2 Å². The lowest BCUT2D eigenvalue weighted by Crippen LogP contribution is -2.35. The highest BCUT2D eigenvalue weighted by Crippen LogP contribution is 2.45. The molecule has 1 aliphatic rings. The number of hydrogen-bond acceptors (Lipinski definition) is 3. The quantitative estimate of drug-likeness (QED) is 0.796. The average Bonchev–Trinajstić information content (AvgIpc) is 2.57. The Morgan fingerprint density at radius 2 is 1.88 bits per heavy atom. The van der Waals surface area contributed by atoms with Crippen molar-refractivity contribution in [2.45, 2.75) is 25.1 Å². The lowest BCUT2D eigenvalue weighted by atomic mass is 9.89. The molecule has 25 heavy (non-hydrogen) atoms. The molecule has 8 heteroatoms. The van der Waals surface area contributed by atoms with Crippen molar-refractivity contribution in [3.8, 4) is 11.1 Å². The van der Waals surface area contributed by atoms with Crippen LogP contribution in [-0.2, 0) is 4.74 Å². The summed E-state index contributed by atoms with van der Waals surface area (Å²) >= 11 is 0. The number of nitrogens with zero attached hydrogens (tertiary/aromatic N) is 1. The second-order valence-corrected chi connectivity index (χ2v) is 5.86. The summed E-state index contributed by atoms with van der Waals surface area (Å²) in [4.78, 5) is 3.94. The average molecular weight is 358 g/mol. The van der Waals surface area contributed by atoms with Crippen LogP contribution in [-0.4, -0.2) is 17.8 Å². The van der Waals surface area contributed by atoms with E-state index in [1.165, 1.54) is 12.3 Å². The van der Waals surface area contributed by atoms with Gasteiger partial charge in [-0.15, -0.1) is 0 Å². The maximum atomic E-state index is 14.0. The molecule has 2 aromatic rings. The highest BCUT2D eigenvalue weighted by atomic mass is 19.4. The van der Waals surface area contributed by atoms with E-state index in [1.54, 1.807) is 0 Å². The third-order valence-corrected chi connectivity index (χ3v) is 4.25. The number of anilines is 1. The van der Waals surface area contributed by atoms with Crippen LogP contribution >= 0.6 is 0 Å². The first-order chi connectivity index (χ1) is 11.8. The number of benzene rings is 1. The van der Waals surface area contributed by atoms with Crippen LogP contribution in [0.15, 0.2) is 30.5 Å². The third kappa shape index (κ3) is 3.44. The third-order valence-electron chi connectivity index (χ3n) is 4.25. The zero-order chi connectivity index (χ0) is 18.2. The van der Waals surface area contributed by atoms with Crippen molar-refractivity contribution in [3.63, 3.8) is 0 Å². The van der Waals surface area contributed by atoms with E-state index in [2.05, 4.69) is 4.98 Å².